The molecule has 0 saturated heterocycles. The first kappa shape index (κ1) is 26.1. The maximum atomic E-state index is 5.30. The fourth-order valence-corrected chi connectivity index (χ4v) is 7.67. The first-order valence-electron chi connectivity index (χ1n) is 15.9. The van der Waals surface area contributed by atoms with E-state index in [4.69, 9.17) is 29.9 Å². The average molecular weight is 603 g/mol. The molecule has 220 valence electrons. The summed E-state index contributed by atoms with van der Waals surface area (Å²) >= 11 is 0. The van der Waals surface area contributed by atoms with Crippen LogP contribution in [0.15, 0.2) is 134 Å². The van der Waals surface area contributed by atoms with Gasteiger partial charge in [0.05, 0.1) is 34.8 Å². The Kier molecular flexibility index (Phi) is 5.66. The summed E-state index contributed by atoms with van der Waals surface area (Å²) in [5.41, 5.74) is 14.5. The maximum Gasteiger partial charge on any atom is 0.159 e. The van der Waals surface area contributed by atoms with Crippen molar-refractivity contribution in [1.82, 2.24) is 29.9 Å². The van der Waals surface area contributed by atoms with Crippen LogP contribution in [0.3, 0.4) is 0 Å². The number of nitrogens with zero attached hydrogens (tertiary/aromatic N) is 6. The Bertz CT molecular complexity index is 2310. The van der Waals surface area contributed by atoms with Crippen LogP contribution in [-0.4, -0.2) is 29.9 Å². The Balaban J connectivity index is 1.29. The van der Waals surface area contributed by atoms with Gasteiger partial charge in [-0.15, -0.1) is 0 Å². The van der Waals surface area contributed by atoms with Crippen molar-refractivity contribution in [1.29, 1.82) is 0 Å². The van der Waals surface area contributed by atoms with Gasteiger partial charge in [0.15, 0.2) is 11.6 Å². The van der Waals surface area contributed by atoms with Crippen LogP contribution in [0.2, 0.25) is 0 Å². The summed E-state index contributed by atoms with van der Waals surface area (Å²) in [7, 11) is 0. The van der Waals surface area contributed by atoms with Crippen LogP contribution in [0.4, 0.5) is 0 Å². The van der Waals surface area contributed by atoms with Crippen molar-refractivity contribution in [2.24, 2.45) is 0 Å². The average Bonchev–Trinajstić information content (AvgIpc) is 3.74. The van der Waals surface area contributed by atoms with E-state index in [0.717, 1.165) is 62.1 Å². The molecule has 6 nitrogen and oxygen atoms in total. The van der Waals surface area contributed by atoms with Gasteiger partial charge in [-0.05, 0) is 28.7 Å². The van der Waals surface area contributed by atoms with Gasteiger partial charge >= 0.3 is 0 Å². The molecule has 2 aliphatic rings. The number of pyridine rings is 2. The zero-order valence-electron chi connectivity index (χ0n) is 25.2. The number of rotatable bonds is 4. The zero-order chi connectivity index (χ0) is 30.9. The van der Waals surface area contributed by atoms with Crippen LogP contribution in [0.5, 0.6) is 0 Å². The van der Waals surface area contributed by atoms with Gasteiger partial charge in [0.1, 0.15) is 11.0 Å². The summed E-state index contributed by atoms with van der Waals surface area (Å²) in [6.07, 6.45) is 4.70. The molecule has 0 N–H and O–H groups in total. The lowest BCUT2D eigenvalue weighted by atomic mass is 9.81. The molecule has 2 atom stereocenters. The lowest BCUT2D eigenvalue weighted by Crippen LogP contribution is -2.12. The van der Waals surface area contributed by atoms with Crippen LogP contribution in [0.1, 0.15) is 40.5 Å². The molecule has 4 heterocycles. The fraction of sp³-hybridized carbons (Fsp3) is 0.0732. The highest BCUT2D eigenvalue weighted by atomic mass is 14.9. The number of hydrogen-bond donors (Lipinski definition) is 0. The van der Waals surface area contributed by atoms with E-state index in [1.807, 2.05) is 48.8 Å². The molecule has 4 aromatic heterocycles. The Hall–Kier alpha value is -6.14. The van der Waals surface area contributed by atoms with Crippen LogP contribution in [-0.2, 0) is 0 Å². The summed E-state index contributed by atoms with van der Waals surface area (Å²) in [4.78, 5) is 30.6. The van der Waals surface area contributed by atoms with E-state index in [9.17, 15) is 0 Å². The lowest BCUT2D eigenvalue weighted by molar-refractivity contribution is 0.798. The van der Waals surface area contributed by atoms with Crippen LogP contribution in [0.25, 0.3) is 67.4 Å². The molecule has 2 unspecified atom stereocenters. The van der Waals surface area contributed by atoms with Crippen molar-refractivity contribution >= 4 is 22.1 Å². The third-order valence-corrected chi connectivity index (χ3v) is 9.63. The molecule has 0 spiro atoms. The van der Waals surface area contributed by atoms with Crippen molar-refractivity contribution < 1.29 is 0 Å². The molecule has 2 bridgehead atoms. The molecular weight excluding hydrogens is 576 g/mol. The van der Waals surface area contributed by atoms with Gasteiger partial charge in [0, 0.05) is 34.1 Å². The number of fused-ring (bicyclic) bond motifs is 12. The minimum atomic E-state index is 0.0822. The summed E-state index contributed by atoms with van der Waals surface area (Å²) in [5, 5.41) is 0. The molecule has 6 heteroatoms. The summed E-state index contributed by atoms with van der Waals surface area (Å²) in [6, 6.07) is 41.4. The number of aromatic nitrogens is 6. The molecule has 47 heavy (non-hydrogen) atoms. The Morgan fingerprint density at radius 3 is 1.13 bits per heavy atom. The largest absolute Gasteiger partial charge is 0.244 e. The quantitative estimate of drug-likeness (QED) is 0.200. The van der Waals surface area contributed by atoms with Crippen molar-refractivity contribution in [3.05, 3.63) is 156 Å². The topological polar surface area (TPSA) is 77.3 Å². The Labute approximate surface area is 270 Å². The van der Waals surface area contributed by atoms with E-state index >= 15 is 0 Å². The minimum Gasteiger partial charge on any atom is -0.244 e. The van der Waals surface area contributed by atoms with E-state index in [1.54, 1.807) is 0 Å². The summed E-state index contributed by atoms with van der Waals surface area (Å²) in [5.74, 6) is 1.58. The van der Waals surface area contributed by atoms with E-state index in [-0.39, 0.29) is 11.8 Å². The third kappa shape index (κ3) is 3.98. The highest BCUT2D eigenvalue weighted by Crippen LogP contribution is 2.62. The van der Waals surface area contributed by atoms with E-state index in [1.165, 1.54) is 22.3 Å². The van der Waals surface area contributed by atoms with Crippen molar-refractivity contribution in [2.75, 3.05) is 0 Å². The minimum absolute atomic E-state index is 0.0822. The van der Waals surface area contributed by atoms with Gasteiger partial charge < -0.3 is 0 Å². The molecule has 8 aromatic rings. The summed E-state index contributed by atoms with van der Waals surface area (Å²) in [6.45, 7) is 0. The van der Waals surface area contributed by atoms with Gasteiger partial charge in [0.2, 0.25) is 0 Å². The maximum absolute atomic E-state index is 5.30. The number of benzene rings is 4. The highest BCUT2D eigenvalue weighted by molar-refractivity contribution is 5.95. The third-order valence-electron chi connectivity index (χ3n) is 9.63. The first-order valence-corrected chi connectivity index (χ1v) is 15.9. The first-order chi connectivity index (χ1) is 23.3. The van der Waals surface area contributed by atoms with E-state index in [2.05, 4.69) is 84.9 Å². The van der Waals surface area contributed by atoms with Crippen molar-refractivity contribution in [2.45, 2.75) is 18.3 Å². The number of hydrogen-bond acceptors (Lipinski definition) is 6. The smallest absolute Gasteiger partial charge is 0.159 e. The second-order valence-corrected chi connectivity index (χ2v) is 12.2. The van der Waals surface area contributed by atoms with E-state index < -0.39 is 0 Å². The molecule has 2 aliphatic carbocycles. The van der Waals surface area contributed by atoms with Gasteiger partial charge in [-0.3, -0.25) is 0 Å². The molecule has 10 rings (SSSR count). The van der Waals surface area contributed by atoms with Gasteiger partial charge in [-0.25, -0.2) is 29.9 Å². The second kappa shape index (κ2) is 10.2. The molecule has 0 aliphatic heterocycles. The van der Waals surface area contributed by atoms with Gasteiger partial charge in [-0.2, -0.15) is 0 Å². The van der Waals surface area contributed by atoms with E-state index in [0.29, 0.717) is 11.6 Å². The molecule has 0 fully saturated rings. The molecule has 0 amide bonds. The normalized spacial score (nSPS) is 16.0. The monoisotopic (exact) mass is 602 g/mol. The Morgan fingerprint density at radius 1 is 0.383 bits per heavy atom. The summed E-state index contributed by atoms with van der Waals surface area (Å²) < 4.78 is 0. The van der Waals surface area contributed by atoms with Crippen LogP contribution < -0.4 is 0 Å². The second-order valence-electron chi connectivity index (χ2n) is 12.2. The molecule has 4 aromatic carbocycles. The fourth-order valence-electron chi connectivity index (χ4n) is 7.67. The highest BCUT2D eigenvalue weighted by Gasteiger charge is 2.48. The molecular formula is C41H26N6. The lowest BCUT2D eigenvalue weighted by Gasteiger charge is -2.26. The van der Waals surface area contributed by atoms with Gasteiger partial charge in [0.25, 0.3) is 0 Å². The van der Waals surface area contributed by atoms with Crippen LogP contribution in [0, 0.1) is 0 Å². The van der Waals surface area contributed by atoms with Crippen molar-refractivity contribution in [3.63, 3.8) is 0 Å². The predicted octanol–water partition coefficient (Wildman–Crippen LogP) is 9.01. The standard InChI is InChI=1S/C41H26N6/c1-5-13-24(14-6-1)36-32-28-21-29(34(32)38-30(44-36)22-42-40(46-38)26-17-9-3-10-18-26)33-35(28)39-31(45-37(33)25-15-7-2-8-16-25)23-43-41(47-39)27-19-11-4-12-20-27/h1-20,22-23,28-29H,21H2. The zero-order valence-corrected chi connectivity index (χ0v) is 25.2. The van der Waals surface area contributed by atoms with Crippen LogP contribution >= 0.6 is 0 Å². The SMILES string of the molecule is c1ccc(-c2ncc3nc(-c4ccccc4)c4c(c3n2)C2CC4c3c2c(-c2ccccc2)nc2cnc(-c4ccccc4)nc32)cc1. The predicted molar refractivity (Wildman–Crippen MR) is 185 cm³/mol. The van der Waals surface area contributed by atoms with Gasteiger partial charge in [-0.1, -0.05) is 121 Å². The van der Waals surface area contributed by atoms with Crippen molar-refractivity contribution in [3.8, 4) is 45.3 Å². The molecule has 0 saturated carbocycles. The Morgan fingerprint density at radius 2 is 0.745 bits per heavy atom. The molecule has 0 radical (unpaired) electrons.